The van der Waals surface area contributed by atoms with Crippen LogP contribution in [0.1, 0.15) is 11.1 Å². The fraction of sp³-hybridized carbons (Fsp3) is 0.381. The molecule has 0 unspecified atom stereocenters. The van der Waals surface area contributed by atoms with E-state index in [1.165, 1.54) is 5.56 Å². The summed E-state index contributed by atoms with van der Waals surface area (Å²) >= 11 is 3.33. The number of sulfonamides is 1. The second-order valence-corrected chi connectivity index (χ2v) is 10.1. The number of ether oxygens (including phenoxy) is 1. The summed E-state index contributed by atoms with van der Waals surface area (Å²) in [6.45, 7) is 4.25. The van der Waals surface area contributed by atoms with E-state index in [0.717, 1.165) is 53.4 Å². The minimum Gasteiger partial charge on any atom is -0.379 e. The second-order valence-electron chi connectivity index (χ2n) is 7.23. The number of halogens is 1. The van der Waals surface area contributed by atoms with Crippen LogP contribution in [0.3, 0.4) is 0 Å². The minimum absolute atomic E-state index is 0.275. The van der Waals surface area contributed by atoms with Gasteiger partial charge in [-0.3, -0.25) is 14.0 Å². The molecule has 0 bridgehead atoms. The standard InChI is InChI=1S/C21H26BrN3O4S/c1-30(27,28)25(20-7-3-6-19(22)13-20)16-21(26)23-14-17-4-2-5-18(12-17)15-24-8-10-29-11-9-24/h2-7,12-13H,8-11,14-16H2,1H3,(H,23,26). The van der Waals surface area contributed by atoms with E-state index in [2.05, 4.69) is 38.3 Å². The Morgan fingerprint density at radius 2 is 1.83 bits per heavy atom. The van der Waals surface area contributed by atoms with Crippen molar-refractivity contribution < 1.29 is 17.9 Å². The molecule has 162 valence electrons. The van der Waals surface area contributed by atoms with Gasteiger partial charge in [0.25, 0.3) is 0 Å². The molecule has 0 aliphatic carbocycles. The lowest BCUT2D eigenvalue weighted by atomic mass is 10.1. The van der Waals surface area contributed by atoms with Gasteiger partial charge in [0.2, 0.25) is 15.9 Å². The fourth-order valence-electron chi connectivity index (χ4n) is 3.27. The van der Waals surface area contributed by atoms with Crippen molar-refractivity contribution >= 4 is 37.5 Å². The Morgan fingerprint density at radius 1 is 1.13 bits per heavy atom. The van der Waals surface area contributed by atoms with Gasteiger partial charge in [-0.05, 0) is 29.3 Å². The molecule has 0 radical (unpaired) electrons. The third kappa shape index (κ3) is 6.80. The molecule has 1 aliphatic rings. The van der Waals surface area contributed by atoms with Crippen molar-refractivity contribution in [1.82, 2.24) is 10.2 Å². The molecule has 30 heavy (non-hydrogen) atoms. The Bertz CT molecular complexity index is 978. The smallest absolute Gasteiger partial charge is 0.241 e. The van der Waals surface area contributed by atoms with Crippen molar-refractivity contribution in [3.8, 4) is 0 Å². The summed E-state index contributed by atoms with van der Waals surface area (Å²) in [5, 5.41) is 2.83. The quantitative estimate of drug-likeness (QED) is 0.607. The molecule has 1 heterocycles. The summed E-state index contributed by atoms with van der Waals surface area (Å²) in [7, 11) is -3.60. The number of rotatable bonds is 8. The maximum atomic E-state index is 12.5. The van der Waals surface area contributed by atoms with Gasteiger partial charge in [0, 0.05) is 30.7 Å². The average molecular weight is 496 g/mol. The largest absolute Gasteiger partial charge is 0.379 e. The highest BCUT2D eigenvalue weighted by Crippen LogP contribution is 2.22. The van der Waals surface area contributed by atoms with Gasteiger partial charge in [-0.1, -0.05) is 46.3 Å². The molecule has 1 N–H and O–H groups in total. The van der Waals surface area contributed by atoms with E-state index < -0.39 is 10.0 Å². The highest BCUT2D eigenvalue weighted by atomic mass is 79.9. The lowest BCUT2D eigenvalue weighted by Gasteiger charge is -2.26. The van der Waals surface area contributed by atoms with E-state index in [0.29, 0.717) is 12.2 Å². The molecule has 0 spiro atoms. The minimum atomic E-state index is -3.60. The molecule has 1 amide bonds. The fourth-order valence-corrected chi connectivity index (χ4v) is 4.51. The monoisotopic (exact) mass is 495 g/mol. The van der Waals surface area contributed by atoms with Crippen molar-refractivity contribution in [2.45, 2.75) is 13.1 Å². The van der Waals surface area contributed by atoms with Crippen molar-refractivity contribution in [2.24, 2.45) is 0 Å². The van der Waals surface area contributed by atoms with Crippen LogP contribution in [0, 0.1) is 0 Å². The first-order valence-electron chi connectivity index (χ1n) is 9.69. The molecule has 2 aromatic rings. The summed E-state index contributed by atoms with van der Waals surface area (Å²) in [6, 6.07) is 14.9. The SMILES string of the molecule is CS(=O)(=O)N(CC(=O)NCc1cccc(CN2CCOCC2)c1)c1cccc(Br)c1. The maximum Gasteiger partial charge on any atom is 0.241 e. The van der Waals surface area contributed by atoms with Crippen LogP contribution >= 0.6 is 15.9 Å². The van der Waals surface area contributed by atoms with Crippen LogP contribution in [0.5, 0.6) is 0 Å². The molecule has 2 aromatic carbocycles. The van der Waals surface area contributed by atoms with Crippen LogP contribution in [0.15, 0.2) is 53.0 Å². The lowest BCUT2D eigenvalue weighted by Crippen LogP contribution is -2.40. The van der Waals surface area contributed by atoms with Crippen LogP contribution in [0.25, 0.3) is 0 Å². The number of nitrogens with one attached hydrogen (secondary N) is 1. The van der Waals surface area contributed by atoms with E-state index in [-0.39, 0.29) is 12.5 Å². The Hall–Kier alpha value is -1.94. The van der Waals surface area contributed by atoms with Crippen LogP contribution in [0.4, 0.5) is 5.69 Å². The summed E-state index contributed by atoms with van der Waals surface area (Å²) in [5.74, 6) is -0.362. The molecule has 9 heteroatoms. The predicted molar refractivity (Wildman–Crippen MR) is 121 cm³/mol. The molecule has 0 aromatic heterocycles. The van der Waals surface area contributed by atoms with Crippen LogP contribution in [-0.4, -0.2) is 58.3 Å². The Balaban J connectivity index is 1.59. The van der Waals surface area contributed by atoms with Gasteiger partial charge in [-0.25, -0.2) is 8.42 Å². The Morgan fingerprint density at radius 3 is 2.53 bits per heavy atom. The van der Waals surface area contributed by atoms with Gasteiger partial charge in [0.1, 0.15) is 6.54 Å². The first-order valence-corrected chi connectivity index (χ1v) is 12.3. The number of anilines is 1. The van der Waals surface area contributed by atoms with Crippen LogP contribution in [0.2, 0.25) is 0 Å². The van der Waals surface area contributed by atoms with E-state index in [9.17, 15) is 13.2 Å². The van der Waals surface area contributed by atoms with Gasteiger partial charge in [-0.2, -0.15) is 0 Å². The Labute approximate surface area is 186 Å². The third-order valence-electron chi connectivity index (χ3n) is 4.77. The zero-order chi connectivity index (χ0) is 21.6. The van der Waals surface area contributed by atoms with Crippen molar-refractivity contribution in [2.75, 3.05) is 43.4 Å². The molecular weight excluding hydrogens is 470 g/mol. The molecule has 1 aliphatic heterocycles. The van der Waals surface area contributed by atoms with Gasteiger partial charge in [0.05, 0.1) is 25.2 Å². The lowest BCUT2D eigenvalue weighted by molar-refractivity contribution is -0.119. The van der Waals surface area contributed by atoms with Crippen molar-refractivity contribution in [1.29, 1.82) is 0 Å². The van der Waals surface area contributed by atoms with E-state index in [4.69, 9.17) is 4.74 Å². The third-order valence-corrected chi connectivity index (χ3v) is 6.41. The van der Waals surface area contributed by atoms with E-state index >= 15 is 0 Å². The highest BCUT2D eigenvalue weighted by molar-refractivity contribution is 9.10. The number of benzene rings is 2. The summed E-state index contributed by atoms with van der Waals surface area (Å²) < 4.78 is 31.6. The molecule has 0 atom stereocenters. The number of carbonyl (C=O) groups is 1. The molecule has 1 saturated heterocycles. The van der Waals surface area contributed by atoms with Crippen LogP contribution in [-0.2, 0) is 32.6 Å². The summed E-state index contributed by atoms with van der Waals surface area (Å²) in [4.78, 5) is 14.8. The molecule has 0 saturated carbocycles. The normalized spacial score (nSPS) is 15.0. The number of amides is 1. The molecule has 3 rings (SSSR count). The number of carbonyl (C=O) groups excluding carboxylic acids is 1. The van der Waals surface area contributed by atoms with Gasteiger partial charge in [0.15, 0.2) is 0 Å². The highest BCUT2D eigenvalue weighted by Gasteiger charge is 2.21. The van der Waals surface area contributed by atoms with Gasteiger partial charge < -0.3 is 10.1 Å². The summed E-state index contributed by atoms with van der Waals surface area (Å²) in [5.41, 5.74) is 2.59. The summed E-state index contributed by atoms with van der Waals surface area (Å²) in [6.07, 6.45) is 1.09. The van der Waals surface area contributed by atoms with E-state index in [1.54, 1.807) is 24.3 Å². The first kappa shape index (κ1) is 22.7. The maximum absolute atomic E-state index is 12.5. The Kier molecular flexibility index (Phi) is 7.87. The number of morpholine rings is 1. The van der Waals surface area contributed by atoms with Gasteiger partial charge >= 0.3 is 0 Å². The van der Waals surface area contributed by atoms with Crippen LogP contribution < -0.4 is 9.62 Å². The number of nitrogens with zero attached hydrogens (tertiary/aromatic N) is 2. The topological polar surface area (TPSA) is 79.0 Å². The first-order chi connectivity index (χ1) is 14.3. The van der Waals surface area contributed by atoms with Crippen molar-refractivity contribution in [3.05, 3.63) is 64.1 Å². The second kappa shape index (κ2) is 10.4. The zero-order valence-electron chi connectivity index (χ0n) is 16.9. The van der Waals surface area contributed by atoms with Gasteiger partial charge in [-0.15, -0.1) is 0 Å². The van der Waals surface area contributed by atoms with E-state index in [1.807, 2.05) is 12.1 Å². The van der Waals surface area contributed by atoms with Crippen molar-refractivity contribution in [3.63, 3.8) is 0 Å². The predicted octanol–water partition coefficient (Wildman–Crippen LogP) is 2.36. The molecular formula is C21H26BrN3O4S. The number of hydrogen-bond donors (Lipinski definition) is 1. The number of hydrogen-bond acceptors (Lipinski definition) is 5. The molecule has 1 fully saturated rings. The average Bonchev–Trinajstić information content (AvgIpc) is 2.71. The molecule has 7 nitrogen and oxygen atoms in total. The zero-order valence-corrected chi connectivity index (χ0v) is 19.3.